The number of benzene rings is 1. The minimum Gasteiger partial charge on any atom is -0.491 e. The average molecular weight is 294 g/mol. The van der Waals surface area contributed by atoms with E-state index in [9.17, 15) is 9.90 Å². The van der Waals surface area contributed by atoms with Gasteiger partial charge in [-0.15, -0.1) is 0 Å². The maximum atomic E-state index is 11.3. The minimum atomic E-state index is -0.593. The zero-order valence-corrected chi connectivity index (χ0v) is 12.9. The maximum absolute atomic E-state index is 11.3. The van der Waals surface area contributed by atoms with Gasteiger partial charge in [-0.25, -0.2) is 0 Å². The molecule has 1 aromatic carbocycles. The first-order chi connectivity index (χ1) is 10.1. The Morgan fingerprint density at radius 3 is 2.67 bits per heavy atom. The fourth-order valence-electron chi connectivity index (χ4n) is 1.71. The van der Waals surface area contributed by atoms with E-state index < -0.39 is 6.10 Å². The first-order valence-corrected chi connectivity index (χ1v) is 7.46. The van der Waals surface area contributed by atoms with Gasteiger partial charge in [-0.2, -0.15) is 0 Å². The number of nitrogens with one attached hydrogen (secondary N) is 2. The lowest BCUT2D eigenvalue weighted by molar-refractivity contribution is -0.121. The number of aliphatic hydroxyl groups excluding tert-OH is 1. The Morgan fingerprint density at radius 1 is 1.29 bits per heavy atom. The van der Waals surface area contributed by atoms with Crippen molar-refractivity contribution in [3.8, 4) is 5.75 Å². The number of hydrogen-bond donors (Lipinski definition) is 3. The second kappa shape index (κ2) is 10.2. The summed E-state index contributed by atoms with van der Waals surface area (Å²) in [5.74, 6) is 0.785. The largest absolute Gasteiger partial charge is 0.491 e. The van der Waals surface area contributed by atoms with Gasteiger partial charge >= 0.3 is 0 Å². The molecule has 5 heteroatoms. The van der Waals surface area contributed by atoms with Crippen LogP contribution in [0.15, 0.2) is 24.3 Å². The van der Waals surface area contributed by atoms with E-state index in [4.69, 9.17) is 4.74 Å². The summed E-state index contributed by atoms with van der Waals surface area (Å²) in [4.78, 5) is 11.3. The summed E-state index contributed by atoms with van der Waals surface area (Å²) in [6.45, 7) is 5.94. The molecule has 1 rings (SSSR count). The van der Waals surface area contributed by atoms with Gasteiger partial charge in [-0.1, -0.05) is 24.6 Å². The lowest BCUT2D eigenvalue weighted by Gasteiger charge is -2.13. The first-order valence-electron chi connectivity index (χ1n) is 7.46. The molecule has 0 aliphatic heterocycles. The summed E-state index contributed by atoms with van der Waals surface area (Å²) in [7, 11) is 0. The van der Waals surface area contributed by atoms with E-state index in [-0.39, 0.29) is 12.5 Å². The SMILES string of the molecule is CCCNC(=O)CCNCC(O)COc1ccc(C)cc1. The Bertz CT molecular complexity index is 406. The number of hydrogen-bond acceptors (Lipinski definition) is 4. The molecule has 1 amide bonds. The molecule has 21 heavy (non-hydrogen) atoms. The fourth-order valence-corrected chi connectivity index (χ4v) is 1.71. The van der Waals surface area contributed by atoms with Crippen LogP contribution in [-0.2, 0) is 4.79 Å². The quantitative estimate of drug-likeness (QED) is 0.568. The highest BCUT2D eigenvalue weighted by atomic mass is 16.5. The Morgan fingerprint density at radius 2 is 2.00 bits per heavy atom. The van der Waals surface area contributed by atoms with Crippen molar-refractivity contribution in [2.45, 2.75) is 32.8 Å². The zero-order valence-electron chi connectivity index (χ0n) is 12.9. The zero-order chi connectivity index (χ0) is 15.5. The lowest BCUT2D eigenvalue weighted by atomic mass is 10.2. The molecule has 0 spiro atoms. The van der Waals surface area contributed by atoms with Crippen LogP contribution in [0.5, 0.6) is 5.75 Å². The van der Waals surface area contributed by atoms with Crippen molar-refractivity contribution >= 4 is 5.91 Å². The van der Waals surface area contributed by atoms with Crippen LogP contribution in [0, 0.1) is 6.92 Å². The van der Waals surface area contributed by atoms with E-state index in [1.165, 1.54) is 5.56 Å². The van der Waals surface area contributed by atoms with Crippen LogP contribution in [0.4, 0.5) is 0 Å². The van der Waals surface area contributed by atoms with E-state index in [1.807, 2.05) is 38.1 Å². The standard InChI is InChI=1S/C16H26N2O3/c1-3-9-18-16(20)8-10-17-11-14(19)12-21-15-6-4-13(2)5-7-15/h4-7,14,17,19H,3,8-12H2,1-2H3,(H,18,20). The van der Waals surface area contributed by atoms with Gasteiger partial charge in [0.05, 0.1) is 0 Å². The molecule has 0 radical (unpaired) electrons. The molecule has 0 saturated heterocycles. The molecule has 1 aromatic rings. The Balaban J connectivity index is 2.07. The second-order valence-corrected chi connectivity index (χ2v) is 5.08. The molecule has 0 saturated carbocycles. The number of rotatable bonds is 10. The monoisotopic (exact) mass is 294 g/mol. The molecule has 5 nitrogen and oxygen atoms in total. The van der Waals surface area contributed by atoms with Gasteiger partial charge in [-0.05, 0) is 25.5 Å². The second-order valence-electron chi connectivity index (χ2n) is 5.08. The van der Waals surface area contributed by atoms with Crippen LogP contribution >= 0.6 is 0 Å². The molecular weight excluding hydrogens is 268 g/mol. The number of carbonyl (C=O) groups is 1. The lowest BCUT2D eigenvalue weighted by Crippen LogP contribution is -2.34. The number of ether oxygens (including phenoxy) is 1. The van der Waals surface area contributed by atoms with Gasteiger partial charge in [0, 0.05) is 26.1 Å². The van der Waals surface area contributed by atoms with E-state index in [2.05, 4.69) is 10.6 Å². The Labute approximate surface area is 126 Å². The van der Waals surface area contributed by atoms with Gasteiger partial charge in [0.2, 0.25) is 5.91 Å². The van der Waals surface area contributed by atoms with Gasteiger partial charge in [0.1, 0.15) is 18.5 Å². The molecule has 118 valence electrons. The normalized spacial score (nSPS) is 12.0. The number of aliphatic hydroxyl groups is 1. The van der Waals surface area contributed by atoms with Crippen LogP contribution in [0.3, 0.4) is 0 Å². The molecule has 0 aromatic heterocycles. The van der Waals surface area contributed by atoms with E-state index >= 15 is 0 Å². The van der Waals surface area contributed by atoms with Crippen molar-refractivity contribution in [2.75, 3.05) is 26.2 Å². The topological polar surface area (TPSA) is 70.6 Å². The third-order valence-electron chi connectivity index (χ3n) is 2.94. The average Bonchev–Trinajstić information content (AvgIpc) is 2.49. The van der Waals surface area contributed by atoms with Crippen LogP contribution in [0.1, 0.15) is 25.3 Å². The summed E-state index contributed by atoms with van der Waals surface area (Å²) < 4.78 is 5.48. The van der Waals surface area contributed by atoms with Crippen molar-refractivity contribution in [3.63, 3.8) is 0 Å². The molecule has 3 N–H and O–H groups in total. The van der Waals surface area contributed by atoms with Crippen LogP contribution in [-0.4, -0.2) is 43.4 Å². The Kier molecular flexibility index (Phi) is 8.47. The summed E-state index contributed by atoms with van der Waals surface area (Å²) in [5.41, 5.74) is 1.17. The van der Waals surface area contributed by atoms with Crippen molar-refractivity contribution in [2.24, 2.45) is 0 Å². The molecule has 0 heterocycles. The number of aryl methyl sites for hydroxylation is 1. The van der Waals surface area contributed by atoms with Crippen molar-refractivity contribution in [3.05, 3.63) is 29.8 Å². The van der Waals surface area contributed by atoms with Crippen molar-refractivity contribution < 1.29 is 14.6 Å². The molecule has 0 aliphatic rings. The molecule has 0 bridgehead atoms. The van der Waals surface area contributed by atoms with E-state index in [0.29, 0.717) is 26.1 Å². The molecule has 0 fully saturated rings. The molecule has 0 aliphatic carbocycles. The van der Waals surface area contributed by atoms with Gasteiger partial charge in [-0.3, -0.25) is 4.79 Å². The smallest absolute Gasteiger partial charge is 0.221 e. The summed E-state index contributed by atoms with van der Waals surface area (Å²) in [6.07, 6.45) is 0.768. The highest BCUT2D eigenvalue weighted by Gasteiger charge is 2.06. The highest BCUT2D eigenvalue weighted by Crippen LogP contribution is 2.11. The van der Waals surface area contributed by atoms with Crippen LogP contribution < -0.4 is 15.4 Å². The maximum Gasteiger partial charge on any atom is 0.221 e. The number of carbonyl (C=O) groups excluding carboxylic acids is 1. The van der Waals surface area contributed by atoms with Gasteiger partial charge < -0.3 is 20.5 Å². The predicted molar refractivity (Wildman–Crippen MR) is 83.5 cm³/mol. The minimum absolute atomic E-state index is 0.0368. The highest BCUT2D eigenvalue weighted by molar-refractivity contribution is 5.75. The third kappa shape index (κ3) is 8.32. The van der Waals surface area contributed by atoms with Crippen LogP contribution in [0.2, 0.25) is 0 Å². The van der Waals surface area contributed by atoms with E-state index in [1.54, 1.807) is 0 Å². The Hall–Kier alpha value is -1.59. The van der Waals surface area contributed by atoms with Gasteiger partial charge in [0.15, 0.2) is 0 Å². The van der Waals surface area contributed by atoms with Crippen LogP contribution in [0.25, 0.3) is 0 Å². The molecule has 1 atom stereocenters. The van der Waals surface area contributed by atoms with Crippen molar-refractivity contribution in [1.82, 2.24) is 10.6 Å². The van der Waals surface area contributed by atoms with E-state index in [0.717, 1.165) is 12.2 Å². The first kappa shape index (κ1) is 17.5. The number of amides is 1. The van der Waals surface area contributed by atoms with Crippen molar-refractivity contribution in [1.29, 1.82) is 0 Å². The summed E-state index contributed by atoms with van der Waals surface area (Å²) in [6, 6.07) is 7.70. The molecule has 1 unspecified atom stereocenters. The van der Waals surface area contributed by atoms with Gasteiger partial charge in [0.25, 0.3) is 0 Å². The molecular formula is C16H26N2O3. The predicted octanol–water partition coefficient (Wildman–Crippen LogP) is 1.24. The summed E-state index contributed by atoms with van der Waals surface area (Å²) >= 11 is 0. The summed E-state index contributed by atoms with van der Waals surface area (Å²) in [5, 5.41) is 15.6. The third-order valence-corrected chi connectivity index (χ3v) is 2.94. The fraction of sp³-hybridized carbons (Fsp3) is 0.562.